The largest absolute Gasteiger partial charge is 0.493 e. The maximum atomic E-state index is 9.78. The van der Waals surface area contributed by atoms with Crippen LogP contribution in [0.25, 0.3) is 0 Å². The second-order valence-electron chi connectivity index (χ2n) is 15.1. The van der Waals surface area contributed by atoms with Gasteiger partial charge in [0.05, 0.1) is 26.4 Å². The summed E-state index contributed by atoms with van der Waals surface area (Å²) in [6, 6.07) is 5.91. The van der Waals surface area contributed by atoms with Gasteiger partial charge in [0.25, 0.3) is 0 Å². The predicted octanol–water partition coefficient (Wildman–Crippen LogP) is 14.0. The molecule has 0 radical (unpaired) electrons. The lowest BCUT2D eigenvalue weighted by atomic mass is 10.0. The van der Waals surface area contributed by atoms with Crippen LogP contribution in [0.4, 0.5) is 0 Å². The molecule has 0 spiro atoms. The van der Waals surface area contributed by atoms with Crippen LogP contribution in [0.3, 0.4) is 0 Å². The lowest BCUT2D eigenvalue weighted by Gasteiger charge is -2.16. The third-order valence-corrected chi connectivity index (χ3v) is 10.3. The second kappa shape index (κ2) is 36.5. The van der Waals surface area contributed by atoms with Crippen molar-refractivity contribution >= 4 is 0 Å². The van der Waals surface area contributed by atoms with Gasteiger partial charge in [-0.15, -0.1) is 0 Å². The van der Waals surface area contributed by atoms with Gasteiger partial charge in [0.1, 0.15) is 11.5 Å². The van der Waals surface area contributed by atoms with Crippen LogP contribution in [0.15, 0.2) is 18.2 Å². The first kappa shape index (κ1) is 45.8. The highest BCUT2D eigenvalue weighted by Gasteiger charge is 2.13. The highest BCUT2D eigenvalue weighted by molar-refractivity contribution is 5.40. The van der Waals surface area contributed by atoms with Crippen molar-refractivity contribution in [2.75, 3.05) is 26.4 Å². The van der Waals surface area contributed by atoms with Gasteiger partial charge in [-0.25, -0.2) is 0 Å². The normalized spacial score (nSPS) is 11.5. The van der Waals surface area contributed by atoms with Gasteiger partial charge in [-0.05, 0) is 30.5 Å². The third-order valence-electron chi connectivity index (χ3n) is 10.3. The van der Waals surface area contributed by atoms with Crippen molar-refractivity contribution in [3.05, 3.63) is 23.8 Å². The van der Waals surface area contributed by atoms with Gasteiger partial charge in [-0.1, -0.05) is 206 Å². The van der Waals surface area contributed by atoms with Crippen LogP contribution in [-0.4, -0.2) is 36.6 Å². The lowest BCUT2D eigenvalue weighted by molar-refractivity contribution is 0.192. The average Bonchev–Trinajstić information content (AvgIpc) is 3.11. The number of rotatable bonds is 39. The van der Waals surface area contributed by atoms with E-state index in [-0.39, 0.29) is 19.1 Å². The number of aliphatic hydroxyl groups excluding tert-OH is 2. The molecule has 0 bridgehead atoms. The summed E-state index contributed by atoms with van der Waals surface area (Å²) in [5, 5.41) is 19.6. The number of aliphatic hydroxyl groups is 2. The average molecular weight is 689 g/mol. The van der Waals surface area contributed by atoms with Gasteiger partial charge >= 0.3 is 0 Å². The molecule has 0 heterocycles. The van der Waals surface area contributed by atoms with Crippen LogP contribution in [0.2, 0.25) is 0 Å². The summed E-state index contributed by atoms with van der Waals surface area (Å²) in [4.78, 5) is 0. The fourth-order valence-electron chi connectivity index (χ4n) is 6.95. The molecule has 0 aliphatic rings. The van der Waals surface area contributed by atoms with Gasteiger partial charge in [-0.2, -0.15) is 0 Å². The van der Waals surface area contributed by atoms with Crippen molar-refractivity contribution in [1.82, 2.24) is 0 Å². The van der Waals surface area contributed by atoms with Gasteiger partial charge in [0, 0.05) is 12.0 Å². The molecule has 1 aromatic carbocycles. The Labute approximate surface area is 305 Å². The summed E-state index contributed by atoms with van der Waals surface area (Å²) in [6.45, 7) is 5.80. The van der Waals surface area contributed by atoms with Crippen LogP contribution in [-0.2, 0) is 0 Å². The van der Waals surface area contributed by atoms with Gasteiger partial charge in [0.15, 0.2) is 0 Å². The Balaban J connectivity index is 2.11. The standard InChI is InChI=1S/C45H84O4/c1-3-5-7-9-11-13-15-17-19-21-23-25-27-29-31-33-35-48-44-37-42(43(40-46)41-47)38-45(39-44)49-36-34-32-30-28-26-24-22-20-18-16-14-12-10-8-6-4-2/h37-39,43,46-47H,3-36,40-41H2,1-2H3. The summed E-state index contributed by atoms with van der Waals surface area (Å²) in [5.74, 6) is 1.26. The van der Waals surface area contributed by atoms with Crippen molar-refractivity contribution in [2.45, 2.75) is 225 Å². The second-order valence-corrected chi connectivity index (χ2v) is 15.1. The Kier molecular flexibility index (Phi) is 34.1. The highest BCUT2D eigenvalue weighted by Crippen LogP contribution is 2.28. The monoisotopic (exact) mass is 689 g/mol. The van der Waals surface area contributed by atoms with Crippen LogP contribution < -0.4 is 9.47 Å². The summed E-state index contributed by atoms with van der Waals surface area (Å²) in [5.41, 5.74) is 0.886. The van der Waals surface area contributed by atoms with Gasteiger partial charge in [-0.3, -0.25) is 0 Å². The molecule has 4 nitrogen and oxygen atoms in total. The molecule has 0 aromatic heterocycles. The maximum Gasteiger partial charge on any atom is 0.123 e. The van der Waals surface area contributed by atoms with Crippen LogP contribution >= 0.6 is 0 Å². The molecular formula is C45H84O4. The van der Waals surface area contributed by atoms with Crippen LogP contribution in [0, 0.1) is 0 Å². The Hall–Kier alpha value is -1.26. The van der Waals surface area contributed by atoms with Gasteiger partial charge in [0.2, 0.25) is 0 Å². The Bertz CT molecular complexity index is 736. The first-order valence-corrected chi connectivity index (χ1v) is 21.9. The first-order chi connectivity index (χ1) is 24.2. The van der Waals surface area contributed by atoms with E-state index >= 15 is 0 Å². The quantitative estimate of drug-likeness (QED) is 0.0676. The van der Waals surface area contributed by atoms with E-state index < -0.39 is 0 Å². The zero-order chi connectivity index (χ0) is 35.3. The zero-order valence-corrected chi connectivity index (χ0v) is 33.0. The number of hydrogen-bond donors (Lipinski definition) is 2. The Morgan fingerprint density at radius 1 is 0.367 bits per heavy atom. The van der Waals surface area contributed by atoms with E-state index in [4.69, 9.17) is 9.47 Å². The van der Waals surface area contributed by atoms with Crippen molar-refractivity contribution < 1.29 is 19.7 Å². The number of ether oxygens (including phenoxy) is 2. The Morgan fingerprint density at radius 2 is 0.612 bits per heavy atom. The minimum Gasteiger partial charge on any atom is -0.493 e. The first-order valence-electron chi connectivity index (χ1n) is 21.9. The molecule has 4 heteroatoms. The zero-order valence-electron chi connectivity index (χ0n) is 33.0. The molecule has 2 N–H and O–H groups in total. The number of benzene rings is 1. The molecule has 0 aliphatic carbocycles. The molecule has 0 fully saturated rings. The highest BCUT2D eigenvalue weighted by atomic mass is 16.5. The fourth-order valence-corrected chi connectivity index (χ4v) is 6.95. The van der Waals surface area contributed by atoms with Crippen LogP contribution in [0.1, 0.15) is 231 Å². The number of hydrogen-bond acceptors (Lipinski definition) is 4. The molecule has 0 saturated carbocycles. The third kappa shape index (κ3) is 29.1. The van der Waals surface area contributed by atoms with Crippen molar-refractivity contribution in [3.8, 4) is 11.5 Å². The summed E-state index contributed by atoms with van der Waals surface area (Å²) < 4.78 is 12.3. The van der Waals surface area contributed by atoms with Crippen molar-refractivity contribution in [2.24, 2.45) is 0 Å². The summed E-state index contributed by atoms with van der Waals surface area (Å²) >= 11 is 0. The Morgan fingerprint density at radius 3 is 0.857 bits per heavy atom. The van der Waals surface area contributed by atoms with E-state index in [0.717, 1.165) is 29.9 Å². The minimum atomic E-state index is -0.308. The smallest absolute Gasteiger partial charge is 0.123 e. The molecule has 0 unspecified atom stereocenters. The molecular weight excluding hydrogens is 604 g/mol. The molecule has 0 amide bonds. The number of unbranched alkanes of at least 4 members (excludes halogenated alkanes) is 30. The van der Waals surface area contributed by atoms with E-state index in [1.165, 1.54) is 193 Å². The van der Waals surface area contributed by atoms with E-state index in [2.05, 4.69) is 13.8 Å². The fraction of sp³-hybridized carbons (Fsp3) is 0.867. The SMILES string of the molecule is CCCCCCCCCCCCCCCCCCOc1cc(OCCCCCCCCCCCCCCCCCC)cc(C(CO)CO)c1. The maximum absolute atomic E-state index is 9.78. The predicted molar refractivity (Wildman–Crippen MR) is 213 cm³/mol. The van der Waals surface area contributed by atoms with E-state index in [1.807, 2.05) is 18.2 Å². The minimum absolute atomic E-state index is 0.0857. The molecule has 0 atom stereocenters. The molecule has 49 heavy (non-hydrogen) atoms. The van der Waals surface area contributed by atoms with E-state index in [9.17, 15) is 10.2 Å². The van der Waals surface area contributed by atoms with Crippen molar-refractivity contribution in [3.63, 3.8) is 0 Å². The molecule has 0 aliphatic heterocycles. The topological polar surface area (TPSA) is 58.9 Å². The molecule has 288 valence electrons. The lowest BCUT2D eigenvalue weighted by Crippen LogP contribution is -2.10. The summed E-state index contributed by atoms with van der Waals surface area (Å²) in [7, 11) is 0. The van der Waals surface area contributed by atoms with E-state index in [1.54, 1.807) is 0 Å². The van der Waals surface area contributed by atoms with Gasteiger partial charge < -0.3 is 19.7 Å². The van der Waals surface area contributed by atoms with E-state index in [0.29, 0.717) is 13.2 Å². The molecule has 1 aromatic rings. The van der Waals surface area contributed by atoms with Crippen LogP contribution in [0.5, 0.6) is 11.5 Å². The summed E-state index contributed by atoms with van der Waals surface area (Å²) in [6.07, 6.45) is 43.6. The molecule has 1 rings (SSSR count). The molecule has 0 saturated heterocycles. The van der Waals surface area contributed by atoms with Crippen molar-refractivity contribution in [1.29, 1.82) is 0 Å².